The molecule has 0 aromatic heterocycles. The molecule has 1 fully saturated rings. The van der Waals surface area contributed by atoms with Gasteiger partial charge < -0.3 is 20.7 Å². The smallest absolute Gasteiger partial charge is 0.239 e. The Balaban J connectivity index is 0.00000338. The van der Waals surface area contributed by atoms with E-state index in [-0.39, 0.29) is 36.7 Å². The number of amides is 2. The quantitative estimate of drug-likeness (QED) is 0.769. The zero-order chi connectivity index (χ0) is 18.4. The van der Waals surface area contributed by atoms with E-state index in [1.54, 1.807) is 24.1 Å². The molecular formula is C18H29ClN4O3. The standard InChI is InChI=1S/C18H28N4O3.ClH/c1-13(2)17(19)18(24)22-10-8-21(9-11-22)12-16(23)20-14-6-4-5-7-15(14)25-3;/h4-7,13,17H,8-12,19H2,1-3H3,(H,20,23);1H/t17-;/m0./s1. The fourth-order valence-electron chi connectivity index (χ4n) is 2.76. The highest BCUT2D eigenvalue weighted by Gasteiger charge is 2.27. The molecule has 1 aliphatic rings. The van der Waals surface area contributed by atoms with Crippen LogP contribution in [0.5, 0.6) is 5.75 Å². The molecule has 1 aromatic carbocycles. The molecule has 0 aliphatic carbocycles. The first-order valence-electron chi connectivity index (χ1n) is 8.62. The van der Waals surface area contributed by atoms with Gasteiger partial charge in [0.05, 0.1) is 25.4 Å². The highest BCUT2D eigenvalue weighted by atomic mass is 35.5. The number of hydrogen-bond donors (Lipinski definition) is 2. The largest absolute Gasteiger partial charge is 0.495 e. The molecule has 146 valence electrons. The fraction of sp³-hybridized carbons (Fsp3) is 0.556. The van der Waals surface area contributed by atoms with Crippen LogP contribution in [0.2, 0.25) is 0 Å². The number of nitrogens with two attached hydrogens (primary N) is 1. The van der Waals surface area contributed by atoms with Gasteiger partial charge in [0.2, 0.25) is 11.8 Å². The number of nitrogens with zero attached hydrogens (tertiary/aromatic N) is 2. The van der Waals surface area contributed by atoms with Gasteiger partial charge in [-0.1, -0.05) is 26.0 Å². The van der Waals surface area contributed by atoms with E-state index in [2.05, 4.69) is 5.32 Å². The second-order valence-corrected chi connectivity index (χ2v) is 6.62. The van der Waals surface area contributed by atoms with E-state index in [4.69, 9.17) is 10.5 Å². The number of carbonyl (C=O) groups excluding carboxylic acids is 2. The molecule has 26 heavy (non-hydrogen) atoms. The Morgan fingerprint density at radius 2 is 1.81 bits per heavy atom. The van der Waals surface area contributed by atoms with Crippen LogP contribution in [0.25, 0.3) is 0 Å². The molecule has 0 spiro atoms. The third kappa shape index (κ3) is 5.86. The lowest BCUT2D eigenvalue weighted by Crippen LogP contribution is -2.55. The number of piperazine rings is 1. The molecule has 1 aliphatic heterocycles. The maximum atomic E-state index is 12.3. The number of anilines is 1. The molecular weight excluding hydrogens is 356 g/mol. The van der Waals surface area contributed by atoms with Crippen LogP contribution in [-0.2, 0) is 9.59 Å². The summed E-state index contributed by atoms with van der Waals surface area (Å²) in [6.45, 7) is 6.70. The van der Waals surface area contributed by atoms with Crippen molar-refractivity contribution in [3.05, 3.63) is 24.3 Å². The van der Waals surface area contributed by atoms with Crippen molar-refractivity contribution in [2.75, 3.05) is 45.2 Å². The Morgan fingerprint density at radius 1 is 1.19 bits per heavy atom. The van der Waals surface area contributed by atoms with Crippen LogP contribution >= 0.6 is 12.4 Å². The topological polar surface area (TPSA) is 87.9 Å². The van der Waals surface area contributed by atoms with Crippen LogP contribution in [0.1, 0.15) is 13.8 Å². The summed E-state index contributed by atoms with van der Waals surface area (Å²) in [5, 5.41) is 2.87. The molecule has 3 N–H and O–H groups in total. The average molecular weight is 385 g/mol. The van der Waals surface area contributed by atoms with Gasteiger partial charge in [0, 0.05) is 26.2 Å². The van der Waals surface area contributed by atoms with Crippen molar-refractivity contribution >= 4 is 29.9 Å². The number of para-hydroxylation sites is 2. The number of hydrogen-bond acceptors (Lipinski definition) is 5. The van der Waals surface area contributed by atoms with E-state index in [1.807, 2.05) is 30.9 Å². The summed E-state index contributed by atoms with van der Waals surface area (Å²) in [7, 11) is 1.57. The molecule has 1 atom stereocenters. The molecule has 0 unspecified atom stereocenters. The van der Waals surface area contributed by atoms with Crippen LogP contribution < -0.4 is 15.8 Å². The minimum atomic E-state index is -0.458. The van der Waals surface area contributed by atoms with Crippen molar-refractivity contribution in [2.24, 2.45) is 11.7 Å². The zero-order valence-electron chi connectivity index (χ0n) is 15.6. The summed E-state index contributed by atoms with van der Waals surface area (Å²) in [5.41, 5.74) is 6.60. The van der Waals surface area contributed by atoms with E-state index in [1.165, 1.54) is 0 Å². The molecule has 7 nitrogen and oxygen atoms in total. The average Bonchev–Trinajstić information content (AvgIpc) is 2.61. The second-order valence-electron chi connectivity index (χ2n) is 6.62. The van der Waals surface area contributed by atoms with E-state index >= 15 is 0 Å². The Hall–Kier alpha value is -1.83. The summed E-state index contributed by atoms with van der Waals surface area (Å²) in [5.74, 6) is 0.655. The first-order valence-corrected chi connectivity index (χ1v) is 8.62. The first kappa shape index (κ1) is 22.2. The second kappa shape index (κ2) is 10.4. The summed E-state index contributed by atoms with van der Waals surface area (Å²) in [6, 6.07) is 6.85. The number of ether oxygens (including phenoxy) is 1. The number of halogens is 1. The monoisotopic (exact) mass is 384 g/mol. The van der Waals surface area contributed by atoms with E-state index in [0.29, 0.717) is 37.6 Å². The van der Waals surface area contributed by atoms with Crippen molar-refractivity contribution in [3.8, 4) is 5.75 Å². The van der Waals surface area contributed by atoms with Crippen LogP contribution in [0, 0.1) is 5.92 Å². The maximum Gasteiger partial charge on any atom is 0.239 e. The van der Waals surface area contributed by atoms with Crippen molar-refractivity contribution < 1.29 is 14.3 Å². The Kier molecular flexibility index (Phi) is 8.84. The molecule has 2 amide bonds. The van der Waals surface area contributed by atoms with Gasteiger partial charge in [-0.05, 0) is 18.1 Å². The van der Waals surface area contributed by atoms with Crippen LogP contribution in [0.15, 0.2) is 24.3 Å². The van der Waals surface area contributed by atoms with Gasteiger partial charge in [-0.15, -0.1) is 12.4 Å². The van der Waals surface area contributed by atoms with Gasteiger partial charge in [0.15, 0.2) is 0 Å². The summed E-state index contributed by atoms with van der Waals surface area (Å²) >= 11 is 0. The third-order valence-corrected chi connectivity index (χ3v) is 4.44. The van der Waals surface area contributed by atoms with E-state index in [0.717, 1.165) is 0 Å². The fourth-order valence-corrected chi connectivity index (χ4v) is 2.76. The van der Waals surface area contributed by atoms with Crippen molar-refractivity contribution in [2.45, 2.75) is 19.9 Å². The Morgan fingerprint density at radius 3 is 2.38 bits per heavy atom. The highest BCUT2D eigenvalue weighted by molar-refractivity contribution is 5.93. The number of benzene rings is 1. The Bertz CT molecular complexity index is 604. The molecule has 0 radical (unpaired) electrons. The van der Waals surface area contributed by atoms with Gasteiger partial charge in [-0.2, -0.15) is 0 Å². The first-order chi connectivity index (χ1) is 11.9. The number of nitrogens with one attached hydrogen (secondary N) is 1. The Labute approximate surface area is 161 Å². The molecule has 1 aromatic rings. The number of methoxy groups -OCH3 is 1. The molecule has 8 heteroatoms. The maximum absolute atomic E-state index is 12.3. The van der Waals surface area contributed by atoms with Crippen LogP contribution in [0.4, 0.5) is 5.69 Å². The molecule has 2 rings (SSSR count). The van der Waals surface area contributed by atoms with Crippen molar-refractivity contribution in [3.63, 3.8) is 0 Å². The minimum absolute atomic E-state index is 0. The predicted octanol–water partition coefficient (Wildman–Crippen LogP) is 1.18. The van der Waals surface area contributed by atoms with Crippen molar-refractivity contribution in [1.29, 1.82) is 0 Å². The lowest BCUT2D eigenvalue weighted by atomic mass is 10.0. The number of carbonyl (C=O) groups is 2. The van der Waals surface area contributed by atoms with Gasteiger partial charge in [-0.3, -0.25) is 14.5 Å². The van der Waals surface area contributed by atoms with Crippen LogP contribution in [0.3, 0.4) is 0 Å². The lowest BCUT2D eigenvalue weighted by Gasteiger charge is -2.36. The van der Waals surface area contributed by atoms with Gasteiger partial charge in [-0.25, -0.2) is 0 Å². The minimum Gasteiger partial charge on any atom is -0.495 e. The number of rotatable bonds is 6. The summed E-state index contributed by atoms with van der Waals surface area (Å²) in [6.07, 6.45) is 0. The van der Waals surface area contributed by atoms with Gasteiger partial charge >= 0.3 is 0 Å². The van der Waals surface area contributed by atoms with Crippen LogP contribution in [-0.4, -0.2) is 67.5 Å². The normalized spacial score (nSPS) is 16.0. The highest BCUT2D eigenvalue weighted by Crippen LogP contribution is 2.22. The molecule has 0 bridgehead atoms. The van der Waals surface area contributed by atoms with E-state index < -0.39 is 6.04 Å². The summed E-state index contributed by atoms with van der Waals surface area (Å²) in [4.78, 5) is 28.4. The zero-order valence-corrected chi connectivity index (χ0v) is 16.4. The third-order valence-electron chi connectivity index (χ3n) is 4.44. The van der Waals surface area contributed by atoms with Gasteiger partial charge in [0.25, 0.3) is 0 Å². The van der Waals surface area contributed by atoms with Crippen molar-refractivity contribution in [1.82, 2.24) is 9.80 Å². The SMILES string of the molecule is COc1ccccc1NC(=O)CN1CCN(C(=O)[C@@H](N)C(C)C)CC1.Cl. The summed E-state index contributed by atoms with van der Waals surface area (Å²) < 4.78 is 5.23. The molecule has 0 saturated carbocycles. The lowest BCUT2D eigenvalue weighted by molar-refractivity contribution is -0.135. The predicted molar refractivity (Wildman–Crippen MR) is 105 cm³/mol. The van der Waals surface area contributed by atoms with E-state index in [9.17, 15) is 9.59 Å². The molecule has 1 saturated heterocycles. The van der Waals surface area contributed by atoms with Gasteiger partial charge in [0.1, 0.15) is 5.75 Å². The molecule has 1 heterocycles.